The van der Waals surface area contributed by atoms with Crippen LogP contribution in [-0.2, 0) is 27.3 Å². The highest BCUT2D eigenvalue weighted by molar-refractivity contribution is 6.30. The van der Waals surface area contributed by atoms with Crippen LogP contribution in [0, 0.1) is 11.2 Å². The van der Waals surface area contributed by atoms with Crippen LogP contribution in [0.1, 0.15) is 41.9 Å². The number of esters is 1. The van der Waals surface area contributed by atoms with Gasteiger partial charge in [-0.25, -0.2) is 4.39 Å². The first kappa shape index (κ1) is 30.7. The van der Waals surface area contributed by atoms with Gasteiger partial charge in [0.2, 0.25) is 5.76 Å². The summed E-state index contributed by atoms with van der Waals surface area (Å²) in [7, 11) is 0. The molecule has 0 radical (unpaired) electrons. The SMILES string of the molecule is CCOCC(C)(CC(Cc1ccc(-c2cc(Cl)ccc2F)cc1)NC(=O)c1cc(=O)[nH]o1)C(=O)OCc1ccccc1. The summed E-state index contributed by atoms with van der Waals surface area (Å²) in [6.45, 7) is 4.10. The van der Waals surface area contributed by atoms with Gasteiger partial charge in [-0.2, -0.15) is 5.16 Å². The van der Waals surface area contributed by atoms with Crippen LogP contribution < -0.4 is 10.9 Å². The normalized spacial score (nSPS) is 13.2. The van der Waals surface area contributed by atoms with E-state index >= 15 is 0 Å². The average Bonchev–Trinajstić information content (AvgIpc) is 3.43. The van der Waals surface area contributed by atoms with Gasteiger partial charge in [-0.1, -0.05) is 66.2 Å². The zero-order valence-electron chi connectivity index (χ0n) is 23.3. The van der Waals surface area contributed by atoms with E-state index in [-0.39, 0.29) is 25.4 Å². The Balaban J connectivity index is 1.57. The second-order valence-corrected chi connectivity index (χ2v) is 10.7. The van der Waals surface area contributed by atoms with Crippen LogP contribution in [0.4, 0.5) is 4.39 Å². The molecule has 0 aliphatic heterocycles. The number of nitrogens with one attached hydrogen (secondary N) is 2. The molecule has 0 bridgehead atoms. The molecule has 0 spiro atoms. The topological polar surface area (TPSA) is 111 Å². The third-order valence-electron chi connectivity index (χ3n) is 6.79. The van der Waals surface area contributed by atoms with Crippen molar-refractivity contribution in [1.29, 1.82) is 0 Å². The Morgan fingerprint density at radius 3 is 2.45 bits per heavy atom. The van der Waals surface area contributed by atoms with Gasteiger partial charge in [-0.05, 0) is 61.6 Å². The average molecular weight is 595 g/mol. The second-order valence-electron chi connectivity index (χ2n) is 10.2. The third kappa shape index (κ3) is 8.18. The van der Waals surface area contributed by atoms with E-state index < -0.39 is 34.7 Å². The van der Waals surface area contributed by atoms with Crippen LogP contribution in [0.25, 0.3) is 11.1 Å². The second kappa shape index (κ2) is 14.1. The summed E-state index contributed by atoms with van der Waals surface area (Å²) in [6.07, 6.45) is 0.470. The molecule has 3 aromatic carbocycles. The van der Waals surface area contributed by atoms with Gasteiger partial charge in [0.25, 0.3) is 11.5 Å². The predicted octanol–water partition coefficient (Wildman–Crippen LogP) is 5.94. The largest absolute Gasteiger partial charge is 0.460 e. The number of H-pyrrole nitrogens is 1. The maximum atomic E-state index is 14.4. The van der Waals surface area contributed by atoms with Crippen LogP contribution in [0.15, 0.2) is 88.2 Å². The maximum Gasteiger partial charge on any atom is 0.314 e. The zero-order chi connectivity index (χ0) is 30.1. The number of carbonyl (C=O) groups excluding carboxylic acids is 2. The Morgan fingerprint density at radius 1 is 1.05 bits per heavy atom. The van der Waals surface area contributed by atoms with Crippen molar-refractivity contribution in [2.75, 3.05) is 13.2 Å². The number of halogens is 2. The van der Waals surface area contributed by atoms with E-state index in [4.69, 9.17) is 25.6 Å². The van der Waals surface area contributed by atoms with Gasteiger partial charge in [0.1, 0.15) is 12.4 Å². The molecule has 1 amide bonds. The van der Waals surface area contributed by atoms with Crippen molar-refractivity contribution in [1.82, 2.24) is 10.5 Å². The van der Waals surface area contributed by atoms with Crippen LogP contribution in [0.5, 0.6) is 0 Å². The van der Waals surface area contributed by atoms with E-state index in [0.717, 1.165) is 17.2 Å². The number of hydrogen-bond donors (Lipinski definition) is 2. The summed E-state index contributed by atoms with van der Waals surface area (Å²) in [5.74, 6) is -1.67. The van der Waals surface area contributed by atoms with Gasteiger partial charge in [0.05, 0.1) is 18.1 Å². The molecule has 2 N–H and O–H groups in total. The zero-order valence-corrected chi connectivity index (χ0v) is 24.1. The summed E-state index contributed by atoms with van der Waals surface area (Å²) in [5, 5.41) is 5.41. The molecule has 0 aliphatic carbocycles. The lowest BCUT2D eigenvalue weighted by Gasteiger charge is -2.31. The number of hydrogen-bond acceptors (Lipinski definition) is 6. The van der Waals surface area contributed by atoms with Crippen LogP contribution in [0.3, 0.4) is 0 Å². The van der Waals surface area contributed by atoms with Gasteiger partial charge in [0.15, 0.2) is 0 Å². The number of rotatable bonds is 13. The molecule has 2 atom stereocenters. The number of benzene rings is 3. The molecule has 2 unspecified atom stereocenters. The lowest BCUT2D eigenvalue weighted by atomic mass is 9.82. The fourth-order valence-corrected chi connectivity index (χ4v) is 4.79. The Hall–Kier alpha value is -4.21. The molecule has 4 aromatic rings. The fourth-order valence-electron chi connectivity index (χ4n) is 4.62. The first-order valence-electron chi connectivity index (χ1n) is 13.5. The van der Waals surface area contributed by atoms with Gasteiger partial charge in [0, 0.05) is 23.2 Å². The third-order valence-corrected chi connectivity index (χ3v) is 7.02. The molecule has 220 valence electrons. The van der Waals surface area contributed by atoms with Gasteiger partial charge < -0.3 is 19.3 Å². The van der Waals surface area contributed by atoms with E-state index in [2.05, 4.69) is 10.5 Å². The van der Waals surface area contributed by atoms with Gasteiger partial charge >= 0.3 is 5.97 Å². The highest BCUT2D eigenvalue weighted by Gasteiger charge is 2.38. The number of carbonyl (C=O) groups is 2. The van der Waals surface area contributed by atoms with Crippen molar-refractivity contribution in [2.45, 2.75) is 39.3 Å². The Labute approximate surface area is 247 Å². The Morgan fingerprint density at radius 2 is 1.79 bits per heavy atom. The number of aromatic amines is 1. The fraction of sp³-hybridized carbons (Fsp3) is 0.281. The van der Waals surface area contributed by atoms with E-state index in [1.807, 2.05) is 49.4 Å². The molecule has 0 fully saturated rings. The first-order chi connectivity index (χ1) is 20.2. The summed E-state index contributed by atoms with van der Waals surface area (Å²) >= 11 is 6.06. The van der Waals surface area contributed by atoms with E-state index in [9.17, 15) is 18.8 Å². The van der Waals surface area contributed by atoms with Crippen LogP contribution in [-0.4, -0.2) is 36.3 Å². The van der Waals surface area contributed by atoms with Crippen LogP contribution >= 0.6 is 11.6 Å². The molecule has 42 heavy (non-hydrogen) atoms. The number of amides is 1. The van der Waals surface area contributed by atoms with Crippen molar-refractivity contribution < 1.29 is 28.0 Å². The predicted molar refractivity (Wildman–Crippen MR) is 157 cm³/mol. The van der Waals surface area contributed by atoms with Crippen molar-refractivity contribution in [3.8, 4) is 11.1 Å². The van der Waals surface area contributed by atoms with Crippen molar-refractivity contribution in [3.05, 3.63) is 117 Å². The standard InChI is InChI=1S/C32H32ClFN2O6/c1-3-40-20-32(2,31(39)41-19-22-7-5-4-6-8-22)18-25(35-30(38)28-17-29(37)36-42-28)15-21-9-11-23(12-10-21)26-16-24(33)13-14-27(26)34/h4-14,16-17,25H,3,15,18-20H2,1-2H3,(H,35,38)(H,36,37). The summed E-state index contributed by atoms with van der Waals surface area (Å²) in [4.78, 5) is 38.0. The highest BCUT2D eigenvalue weighted by Crippen LogP contribution is 2.30. The van der Waals surface area contributed by atoms with Crippen molar-refractivity contribution in [2.24, 2.45) is 5.41 Å². The van der Waals surface area contributed by atoms with Crippen molar-refractivity contribution in [3.63, 3.8) is 0 Å². The van der Waals surface area contributed by atoms with E-state index in [0.29, 0.717) is 29.2 Å². The lowest BCUT2D eigenvalue weighted by Crippen LogP contribution is -2.45. The number of aromatic nitrogens is 1. The summed E-state index contributed by atoms with van der Waals surface area (Å²) in [6, 6.07) is 21.3. The van der Waals surface area contributed by atoms with E-state index in [1.54, 1.807) is 25.1 Å². The molecule has 0 aliphatic rings. The van der Waals surface area contributed by atoms with Gasteiger partial charge in [-0.3, -0.25) is 14.4 Å². The van der Waals surface area contributed by atoms with Crippen LogP contribution in [0.2, 0.25) is 5.02 Å². The Kier molecular flexibility index (Phi) is 10.3. The molecule has 0 saturated heterocycles. The number of ether oxygens (including phenoxy) is 2. The summed E-state index contributed by atoms with van der Waals surface area (Å²) < 4.78 is 30.7. The minimum Gasteiger partial charge on any atom is -0.460 e. The molecule has 1 heterocycles. The maximum absolute atomic E-state index is 14.4. The minimum atomic E-state index is -1.12. The molecular formula is C32H32ClFN2O6. The molecule has 4 rings (SSSR count). The molecule has 10 heteroatoms. The Bertz CT molecular complexity index is 1550. The van der Waals surface area contributed by atoms with Crippen molar-refractivity contribution >= 4 is 23.5 Å². The first-order valence-corrected chi connectivity index (χ1v) is 13.9. The smallest absolute Gasteiger partial charge is 0.314 e. The molecule has 0 saturated carbocycles. The van der Waals surface area contributed by atoms with E-state index in [1.165, 1.54) is 12.1 Å². The molecule has 8 nitrogen and oxygen atoms in total. The monoisotopic (exact) mass is 594 g/mol. The minimum absolute atomic E-state index is 0.0652. The van der Waals surface area contributed by atoms with Gasteiger partial charge in [-0.15, -0.1) is 0 Å². The summed E-state index contributed by atoms with van der Waals surface area (Å²) in [5.41, 5.74) is 0.995. The quantitative estimate of drug-likeness (QED) is 0.185. The molecular weight excluding hydrogens is 563 g/mol. The molecule has 1 aromatic heterocycles. The highest BCUT2D eigenvalue weighted by atomic mass is 35.5. The lowest BCUT2D eigenvalue weighted by molar-refractivity contribution is -0.161.